The van der Waals surface area contributed by atoms with Gasteiger partial charge in [0.05, 0.1) is 6.04 Å². The van der Waals surface area contributed by atoms with Crippen LogP contribution in [0.1, 0.15) is 55.6 Å². The van der Waals surface area contributed by atoms with Crippen molar-refractivity contribution in [2.75, 3.05) is 13.1 Å². The smallest absolute Gasteiger partial charge is 0.268 e. The van der Waals surface area contributed by atoms with Gasteiger partial charge in [0.2, 0.25) is 17.7 Å². The molecule has 10 heteroatoms. The van der Waals surface area contributed by atoms with E-state index in [0.717, 1.165) is 29.3 Å². The van der Waals surface area contributed by atoms with Crippen molar-refractivity contribution in [2.45, 2.75) is 64.6 Å². The molecule has 0 radical (unpaired) electrons. The van der Waals surface area contributed by atoms with Crippen LogP contribution in [0.4, 0.5) is 0 Å². The second-order valence-corrected chi connectivity index (χ2v) is 12.7. The normalized spacial score (nSPS) is 28.0. The van der Waals surface area contributed by atoms with Gasteiger partial charge < -0.3 is 30.6 Å². The SMILES string of the molecule is Cc1cccc2[nH]c(C(=O)N[C@H](C(=O)N3C[C@H]4[C@@H]([C@H]3C(=O)N[C@H](C=O)C[C@@H]3CCNC3=O)C4(C)C)C3CC3)cc12. The maximum atomic E-state index is 14.0. The van der Waals surface area contributed by atoms with Crippen LogP contribution in [0, 0.1) is 36.0 Å². The summed E-state index contributed by atoms with van der Waals surface area (Å²) in [6, 6.07) is 5.38. The average molecular weight is 548 g/mol. The van der Waals surface area contributed by atoms with Crippen molar-refractivity contribution in [3.8, 4) is 0 Å². The van der Waals surface area contributed by atoms with Crippen molar-refractivity contribution < 1.29 is 24.0 Å². The summed E-state index contributed by atoms with van der Waals surface area (Å²) < 4.78 is 0. The first-order chi connectivity index (χ1) is 19.1. The van der Waals surface area contributed by atoms with E-state index in [1.165, 1.54) is 0 Å². The number of amides is 4. The Labute approximate surface area is 233 Å². The number of carbonyl (C=O) groups excluding carboxylic acids is 5. The number of likely N-dealkylation sites (tertiary alicyclic amines) is 1. The highest BCUT2D eigenvalue weighted by molar-refractivity contribution is 6.01. The zero-order valence-corrected chi connectivity index (χ0v) is 23.2. The van der Waals surface area contributed by atoms with Crippen LogP contribution in [0.5, 0.6) is 0 Å². The Morgan fingerprint density at radius 3 is 2.60 bits per heavy atom. The third-order valence-electron chi connectivity index (χ3n) is 9.73. The van der Waals surface area contributed by atoms with Crippen molar-refractivity contribution in [2.24, 2.45) is 29.1 Å². The fourth-order valence-electron chi connectivity index (χ4n) is 7.04. The van der Waals surface area contributed by atoms with Gasteiger partial charge in [-0.05, 0) is 73.5 Å². The number of nitrogens with zero attached hydrogens (tertiary/aromatic N) is 1. The number of aryl methyl sites for hydroxylation is 1. The molecule has 0 bridgehead atoms. The van der Waals surface area contributed by atoms with E-state index < -0.39 is 18.1 Å². The molecule has 10 nitrogen and oxygen atoms in total. The molecule has 1 aromatic heterocycles. The molecule has 2 saturated carbocycles. The second-order valence-electron chi connectivity index (χ2n) is 12.7. The van der Waals surface area contributed by atoms with Crippen molar-refractivity contribution >= 4 is 40.8 Å². The molecule has 2 aromatic rings. The largest absolute Gasteiger partial charge is 0.356 e. The molecule has 40 heavy (non-hydrogen) atoms. The predicted molar refractivity (Wildman–Crippen MR) is 147 cm³/mol. The Hall–Kier alpha value is -3.69. The minimum absolute atomic E-state index is 0.0224. The molecular formula is C30H37N5O5. The number of aromatic nitrogens is 1. The summed E-state index contributed by atoms with van der Waals surface area (Å²) in [5.41, 5.74) is 2.21. The topological polar surface area (TPSA) is 140 Å². The zero-order valence-electron chi connectivity index (χ0n) is 23.2. The molecule has 2 aliphatic carbocycles. The number of nitrogens with one attached hydrogen (secondary N) is 4. The molecule has 1 aromatic carbocycles. The highest BCUT2D eigenvalue weighted by atomic mass is 16.2. The lowest BCUT2D eigenvalue weighted by molar-refractivity contribution is -0.142. The van der Waals surface area contributed by atoms with Gasteiger partial charge in [0.15, 0.2) is 0 Å². The second kappa shape index (κ2) is 9.74. The van der Waals surface area contributed by atoms with Crippen molar-refractivity contribution in [3.63, 3.8) is 0 Å². The maximum Gasteiger partial charge on any atom is 0.268 e. The van der Waals surface area contributed by atoms with E-state index >= 15 is 0 Å². The van der Waals surface area contributed by atoms with Gasteiger partial charge in [-0.2, -0.15) is 0 Å². The Kier molecular flexibility index (Phi) is 6.46. The van der Waals surface area contributed by atoms with E-state index in [-0.39, 0.29) is 59.1 Å². The van der Waals surface area contributed by atoms with E-state index in [9.17, 15) is 24.0 Å². The van der Waals surface area contributed by atoms with Gasteiger partial charge in [0, 0.05) is 29.9 Å². The van der Waals surface area contributed by atoms with Gasteiger partial charge in [-0.1, -0.05) is 26.0 Å². The summed E-state index contributed by atoms with van der Waals surface area (Å²) in [6.07, 6.45) is 3.22. The van der Waals surface area contributed by atoms with Gasteiger partial charge in [-0.25, -0.2) is 0 Å². The monoisotopic (exact) mass is 547 g/mol. The summed E-state index contributed by atoms with van der Waals surface area (Å²) in [5, 5.41) is 9.53. The number of carbonyl (C=O) groups is 5. The molecule has 4 amide bonds. The fourth-order valence-corrected chi connectivity index (χ4v) is 7.04. The lowest BCUT2D eigenvalue weighted by atomic mass is 9.97. The Morgan fingerprint density at radius 2 is 1.95 bits per heavy atom. The molecule has 4 fully saturated rings. The minimum atomic E-state index is -0.802. The van der Waals surface area contributed by atoms with Crippen molar-refractivity contribution in [1.82, 2.24) is 25.8 Å². The third-order valence-corrected chi connectivity index (χ3v) is 9.73. The van der Waals surface area contributed by atoms with Crippen LogP contribution < -0.4 is 16.0 Å². The number of hydrogen-bond donors (Lipinski definition) is 4. The van der Waals surface area contributed by atoms with Crippen molar-refractivity contribution in [3.05, 3.63) is 35.5 Å². The Morgan fingerprint density at radius 1 is 1.18 bits per heavy atom. The van der Waals surface area contributed by atoms with Crippen LogP contribution in [0.2, 0.25) is 0 Å². The maximum absolute atomic E-state index is 14.0. The number of benzene rings is 1. The van der Waals surface area contributed by atoms with Crippen LogP contribution in [-0.4, -0.2) is 71.0 Å². The van der Waals surface area contributed by atoms with E-state index in [0.29, 0.717) is 31.5 Å². The molecule has 3 heterocycles. The Balaban J connectivity index is 1.19. The lowest BCUT2D eigenvalue weighted by Gasteiger charge is -2.33. The highest BCUT2D eigenvalue weighted by Crippen LogP contribution is 2.65. The van der Waals surface area contributed by atoms with E-state index in [1.807, 2.05) is 31.2 Å². The summed E-state index contributed by atoms with van der Waals surface area (Å²) in [4.78, 5) is 69.6. The standard InChI is InChI=1S/C30H37N5O5/c1-15-5-4-6-21-19(15)12-22(33-21)27(38)34-24(16-7-8-16)29(40)35-13-20-23(30(20,2)3)25(35)28(39)32-18(14-36)11-17-9-10-31-26(17)37/h4-6,12,14,16-18,20,23-25,33H,7-11,13H2,1-3H3,(H,31,37)(H,32,39)(H,34,38)/t17-,18-,20-,23-,24-,25-/m0/s1. The van der Waals surface area contributed by atoms with Gasteiger partial charge in [0.25, 0.3) is 5.91 Å². The Bertz CT molecular complexity index is 1390. The molecule has 6 rings (SSSR count). The number of piperidine rings is 1. The first-order valence-electron chi connectivity index (χ1n) is 14.3. The van der Waals surface area contributed by atoms with E-state index in [4.69, 9.17) is 0 Å². The summed E-state index contributed by atoms with van der Waals surface area (Å²) in [5.74, 6) is -1.19. The molecule has 212 valence electrons. The van der Waals surface area contributed by atoms with E-state index in [1.54, 1.807) is 4.90 Å². The molecule has 4 N–H and O–H groups in total. The number of H-pyrrole nitrogens is 1. The third kappa shape index (κ3) is 4.57. The molecule has 0 unspecified atom stereocenters. The summed E-state index contributed by atoms with van der Waals surface area (Å²) in [7, 11) is 0. The number of aldehydes is 1. The van der Waals surface area contributed by atoms with Crippen LogP contribution in [0.25, 0.3) is 10.9 Å². The highest BCUT2D eigenvalue weighted by Gasteiger charge is 2.69. The first kappa shape index (κ1) is 26.5. The van der Waals surface area contributed by atoms with Gasteiger partial charge in [-0.3, -0.25) is 19.2 Å². The minimum Gasteiger partial charge on any atom is -0.356 e. The predicted octanol–water partition coefficient (Wildman–Crippen LogP) is 1.68. The summed E-state index contributed by atoms with van der Waals surface area (Å²) >= 11 is 0. The first-order valence-corrected chi connectivity index (χ1v) is 14.3. The van der Waals surface area contributed by atoms with Gasteiger partial charge >= 0.3 is 0 Å². The van der Waals surface area contributed by atoms with Crippen LogP contribution in [0.15, 0.2) is 24.3 Å². The van der Waals surface area contributed by atoms with Crippen LogP contribution in [0.3, 0.4) is 0 Å². The average Bonchev–Trinajstić information content (AvgIpc) is 3.58. The fraction of sp³-hybridized carbons (Fsp3) is 0.567. The molecular weight excluding hydrogens is 510 g/mol. The van der Waals surface area contributed by atoms with Gasteiger partial charge in [-0.15, -0.1) is 0 Å². The molecule has 2 aliphatic heterocycles. The number of fused-ring (bicyclic) bond motifs is 2. The van der Waals surface area contributed by atoms with Crippen LogP contribution in [-0.2, 0) is 19.2 Å². The number of rotatable bonds is 9. The summed E-state index contributed by atoms with van der Waals surface area (Å²) in [6.45, 7) is 7.19. The molecule has 2 saturated heterocycles. The number of hydrogen-bond acceptors (Lipinski definition) is 5. The van der Waals surface area contributed by atoms with Crippen LogP contribution >= 0.6 is 0 Å². The number of aromatic amines is 1. The molecule has 4 aliphatic rings. The zero-order chi connectivity index (χ0) is 28.3. The molecule has 0 spiro atoms. The quantitative estimate of drug-likeness (QED) is 0.354. The molecule has 6 atom stereocenters. The van der Waals surface area contributed by atoms with E-state index in [2.05, 4.69) is 34.8 Å². The van der Waals surface area contributed by atoms with Crippen molar-refractivity contribution in [1.29, 1.82) is 0 Å². The van der Waals surface area contributed by atoms with Gasteiger partial charge in [0.1, 0.15) is 24.1 Å². The lowest BCUT2D eigenvalue weighted by Crippen LogP contribution is -2.57.